The third-order valence-electron chi connectivity index (χ3n) is 3.47. The molecule has 0 aliphatic heterocycles. The van der Waals surface area contributed by atoms with E-state index < -0.39 is 6.43 Å². The molecule has 0 spiro atoms. The topological polar surface area (TPSA) is 44.2 Å². The molecule has 0 aliphatic carbocycles. The zero-order valence-corrected chi connectivity index (χ0v) is 13.9. The first-order chi connectivity index (χ1) is 12.1. The number of benzene rings is 1. The van der Waals surface area contributed by atoms with E-state index in [2.05, 4.69) is 9.97 Å². The van der Waals surface area contributed by atoms with Gasteiger partial charge in [-0.2, -0.15) is 0 Å². The summed E-state index contributed by atoms with van der Waals surface area (Å²) in [5.41, 5.74) is 1.16. The molecule has 0 amide bonds. The number of aromatic nitrogens is 2. The van der Waals surface area contributed by atoms with E-state index in [1.807, 2.05) is 0 Å². The highest BCUT2D eigenvalue weighted by atomic mass is 35.5. The Morgan fingerprint density at radius 2 is 1.80 bits per heavy atom. The second-order valence-corrected chi connectivity index (χ2v) is 5.44. The van der Waals surface area contributed by atoms with Gasteiger partial charge in [-0.15, -0.1) is 0 Å². The molecule has 1 aromatic carbocycles. The van der Waals surface area contributed by atoms with Crippen molar-refractivity contribution in [3.8, 4) is 28.5 Å². The third kappa shape index (κ3) is 3.69. The summed E-state index contributed by atoms with van der Waals surface area (Å²) < 4.78 is 36.4. The van der Waals surface area contributed by atoms with E-state index >= 15 is 0 Å². The van der Waals surface area contributed by atoms with E-state index in [4.69, 9.17) is 21.1 Å². The predicted octanol–water partition coefficient (Wildman–Crippen LogP) is 5.54. The van der Waals surface area contributed by atoms with Crippen LogP contribution in [0, 0.1) is 0 Å². The molecule has 0 N–H and O–H groups in total. The smallest absolute Gasteiger partial charge is 0.263 e. The summed E-state index contributed by atoms with van der Waals surface area (Å²) in [6, 6.07) is 9.07. The lowest BCUT2D eigenvalue weighted by atomic mass is 10.1. The minimum Gasteiger partial charge on any atom is -0.494 e. The maximum Gasteiger partial charge on any atom is 0.263 e. The number of rotatable bonds is 5. The van der Waals surface area contributed by atoms with E-state index in [0.29, 0.717) is 27.6 Å². The molecule has 0 fully saturated rings. The first kappa shape index (κ1) is 17.1. The summed E-state index contributed by atoms with van der Waals surface area (Å²) in [4.78, 5) is 8.29. The van der Waals surface area contributed by atoms with Gasteiger partial charge in [0.2, 0.25) is 5.88 Å². The van der Waals surface area contributed by atoms with E-state index in [1.165, 1.54) is 37.6 Å². The second-order valence-electron chi connectivity index (χ2n) is 5.03. The molecule has 0 radical (unpaired) electrons. The standard InChI is InChI=1S/C18H13ClF2N2O2/c1-24-16-14(9-22-10-15(16)19)13-3-2-8-23-18(13)25-12-6-4-11(5-7-12)17(20)21/h2-10,17H,1H3. The molecule has 7 heteroatoms. The van der Waals surface area contributed by atoms with Crippen LogP contribution in [0.1, 0.15) is 12.0 Å². The normalized spacial score (nSPS) is 10.8. The molecule has 0 bridgehead atoms. The van der Waals surface area contributed by atoms with E-state index in [1.54, 1.807) is 24.5 Å². The Labute approximate surface area is 148 Å². The fourth-order valence-electron chi connectivity index (χ4n) is 2.29. The molecule has 2 aromatic heterocycles. The molecule has 2 heterocycles. The Morgan fingerprint density at radius 3 is 2.48 bits per heavy atom. The van der Waals surface area contributed by atoms with Gasteiger partial charge in [-0.25, -0.2) is 13.8 Å². The molecule has 0 aliphatic rings. The van der Waals surface area contributed by atoms with Crippen molar-refractivity contribution in [1.82, 2.24) is 9.97 Å². The van der Waals surface area contributed by atoms with Gasteiger partial charge in [0, 0.05) is 35.3 Å². The van der Waals surface area contributed by atoms with E-state index in [-0.39, 0.29) is 11.4 Å². The Kier molecular flexibility index (Phi) is 5.09. The van der Waals surface area contributed by atoms with Crippen LogP contribution in [0.2, 0.25) is 5.02 Å². The quantitative estimate of drug-likeness (QED) is 0.598. The Bertz CT molecular complexity index is 873. The lowest BCUT2D eigenvalue weighted by Gasteiger charge is -2.13. The Morgan fingerprint density at radius 1 is 1.04 bits per heavy atom. The number of hydrogen-bond donors (Lipinski definition) is 0. The SMILES string of the molecule is COc1c(Cl)cncc1-c1cccnc1Oc1ccc(C(F)F)cc1. The fraction of sp³-hybridized carbons (Fsp3) is 0.111. The van der Waals surface area contributed by atoms with Gasteiger partial charge < -0.3 is 9.47 Å². The van der Waals surface area contributed by atoms with Crippen LogP contribution in [0.15, 0.2) is 55.0 Å². The van der Waals surface area contributed by atoms with Crippen molar-refractivity contribution in [2.24, 2.45) is 0 Å². The highest BCUT2D eigenvalue weighted by Gasteiger charge is 2.16. The van der Waals surface area contributed by atoms with Gasteiger partial charge in [0.1, 0.15) is 16.5 Å². The average Bonchev–Trinajstić information content (AvgIpc) is 2.62. The van der Waals surface area contributed by atoms with Crippen molar-refractivity contribution in [3.05, 3.63) is 65.6 Å². The monoisotopic (exact) mass is 362 g/mol. The molecule has 0 unspecified atom stereocenters. The molecule has 0 saturated heterocycles. The van der Waals surface area contributed by atoms with Gasteiger partial charge in [-0.3, -0.25) is 4.98 Å². The van der Waals surface area contributed by atoms with Crippen LogP contribution in [-0.2, 0) is 0 Å². The number of methoxy groups -OCH3 is 1. The zero-order chi connectivity index (χ0) is 17.8. The van der Waals surface area contributed by atoms with Gasteiger partial charge in [-0.05, 0) is 36.4 Å². The highest BCUT2D eigenvalue weighted by molar-refractivity contribution is 6.32. The summed E-state index contributed by atoms with van der Waals surface area (Å²) in [7, 11) is 1.50. The molecular formula is C18H13ClF2N2O2. The van der Waals surface area contributed by atoms with Gasteiger partial charge in [0.25, 0.3) is 6.43 Å². The van der Waals surface area contributed by atoms with Crippen LogP contribution in [0.5, 0.6) is 17.4 Å². The van der Waals surface area contributed by atoms with Crippen LogP contribution in [0.25, 0.3) is 11.1 Å². The van der Waals surface area contributed by atoms with Crippen molar-refractivity contribution >= 4 is 11.6 Å². The van der Waals surface area contributed by atoms with E-state index in [0.717, 1.165) is 0 Å². The minimum absolute atomic E-state index is 0.0747. The molecule has 0 saturated carbocycles. The van der Waals surface area contributed by atoms with Crippen molar-refractivity contribution < 1.29 is 18.3 Å². The largest absolute Gasteiger partial charge is 0.494 e. The van der Waals surface area contributed by atoms with Crippen LogP contribution < -0.4 is 9.47 Å². The van der Waals surface area contributed by atoms with Crippen molar-refractivity contribution in [2.45, 2.75) is 6.43 Å². The van der Waals surface area contributed by atoms with Crippen LogP contribution in [0.4, 0.5) is 8.78 Å². The molecular weight excluding hydrogens is 350 g/mol. The van der Waals surface area contributed by atoms with Gasteiger partial charge in [0.15, 0.2) is 0 Å². The minimum atomic E-state index is -2.53. The number of alkyl halides is 2. The average molecular weight is 363 g/mol. The van der Waals surface area contributed by atoms with Crippen LogP contribution in [-0.4, -0.2) is 17.1 Å². The fourth-order valence-corrected chi connectivity index (χ4v) is 2.53. The van der Waals surface area contributed by atoms with Crippen LogP contribution in [0.3, 0.4) is 0 Å². The summed E-state index contributed by atoms with van der Waals surface area (Å²) in [6.45, 7) is 0. The van der Waals surface area contributed by atoms with Crippen molar-refractivity contribution in [2.75, 3.05) is 7.11 Å². The number of ether oxygens (including phenoxy) is 2. The number of pyridine rings is 2. The van der Waals surface area contributed by atoms with Gasteiger partial charge >= 0.3 is 0 Å². The molecule has 4 nitrogen and oxygen atoms in total. The summed E-state index contributed by atoms with van der Waals surface area (Å²) in [5.74, 6) is 1.12. The van der Waals surface area contributed by atoms with Crippen molar-refractivity contribution in [1.29, 1.82) is 0 Å². The maximum atomic E-state index is 12.6. The number of hydrogen-bond acceptors (Lipinski definition) is 4. The van der Waals surface area contributed by atoms with Gasteiger partial charge in [0.05, 0.1) is 7.11 Å². The predicted molar refractivity (Wildman–Crippen MR) is 90.5 cm³/mol. The molecule has 3 aromatic rings. The Hall–Kier alpha value is -2.73. The molecule has 25 heavy (non-hydrogen) atoms. The molecule has 0 atom stereocenters. The summed E-state index contributed by atoms with van der Waals surface area (Å²) in [5, 5.41) is 0.357. The Balaban J connectivity index is 1.98. The zero-order valence-electron chi connectivity index (χ0n) is 13.1. The number of nitrogens with zero attached hydrogens (tertiary/aromatic N) is 2. The molecule has 128 valence electrons. The number of halogens is 3. The van der Waals surface area contributed by atoms with Crippen LogP contribution >= 0.6 is 11.6 Å². The second kappa shape index (κ2) is 7.44. The van der Waals surface area contributed by atoms with Gasteiger partial charge in [-0.1, -0.05) is 11.6 Å². The lowest BCUT2D eigenvalue weighted by molar-refractivity contribution is 0.151. The van der Waals surface area contributed by atoms with E-state index in [9.17, 15) is 8.78 Å². The lowest BCUT2D eigenvalue weighted by Crippen LogP contribution is -1.95. The summed E-state index contributed by atoms with van der Waals surface area (Å²) in [6.07, 6.45) is 2.11. The third-order valence-corrected chi connectivity index (χ3v) is 3.73. The maximum absolute atomic E-state index is 12.6. The first-order valence-electron chi connectivity index (χ1n) is 7.29. The highest BCUT2D eigenvalue weighted by Crippen LogP contribution is 2.39. The first-order valence-corrected chi connectivity index (χ1v) is 7.66. The van der Waals surface area contributed by atoms with Crippen molar-refractivity contribution in [3.63, 3.8) is 0 Å². The molecule has 3 rings (SSSR count). The summed E-state index contributed by atoms with van der Waals surface area (Å²) >= 11 is 6.12.